The van der Waals surface area contributed by atoms with Gasteiger partial charge in [-0.3, -0.25) is 4.79 Å². The molecule has 0 radical (unpaired) electrons. The molecule has 7 nitrogen and oxygen atoms in total. The van der Waals surface area contributed by atoms with Crippen LogP contribution in [0.1, 0.15) is 10.4 Å². The maximum absolute atomic E-state index is 12.3. The molecule has 0 saturated heterocycles. The van der Waals surface area contributed by atoms with Crippen LogP contribution < -0.4 is 15.4 Å². The SMILES string of the molecule is CNS(=O)(=O)c1ccc(Cl)c(C(=O)NCCNc2nc3ccccc3s2)c1. The number of amides is 1. The van der Waals surface area contributed by atoms with Crippen molar-refractivity contribution in [3.05, 3.63) is 53.1 Å². The van der Waals surface area contributed by atoms with Gasteiger partial charge in [-0.05, 0) is 37.4 Å². The number of sulfonamides is 1. The highest BCUT2D eigenvalue weighted by Crippen LogP contribution is 2.25. The summed E-state index contributed by atoms with van der Waals surface area (Å²) in [4.78, 5) is 16.8. The van der Waals surface area contributed by atoms with Crippen LogP contribution in [0, 0.1) is 0 Å². The van der Waals surface area contributed by atoms with Crippen molar-refractivity contribution >= 4 is 54.2 Å². The van der Waals surface area contributed by atoms with Gasteiger partial charge in [0.1, 0.15) is 0 Å². The van der Waals surface area contributed by atoms with Crippen LogP contribution in [0.25, 0.3) is 10.2 Å². The minimum atomic E-state index is -3.65. The van der Waals surface area contributed by atoms with Gasteiger partial charge in [0, 0.05) is 13.1 Å². The fourth-order valence-electron chi connectivity index (χ4n) is 2.35. The number of hydrogen-bond acceptors (Lipinski definition) is 6. The van der Waals surface area contributed by atoms with Crippen molar-refractivity contribution in [3.63, 3.8) is 0 Å². The lowest BCUT2D eigenvalue weighted by molar-refractivity contribution is 0.0955. The minimum Gasteiger partial charge on any atom is -0.360 e. The monoisotopic (exact) mass is 424 g/mol. The number of nitrogens with one attached hydrogen (secondary N) is 3. The Hall–Kier alpha value is -2.20. The van der Waals surface area contributed by atoms with Gasteiger partial charge in [0.25, 0.3) is 5.91 Å². The summed E-state index contributed by atoms with van der Waals surface area (Å²) < 4.78 is 27.0. The lowest BCUT2D eigenvalue weighted by atomic mass is 10.2. The number of aromatic nitrogens is 1. The maximum atomic E-state index is 12.3. The standard InChI is InChI=1S/C17H17ClN4O3S2/c1-19-27(24,25)11-6-7-13(18)12(10-11)16(23)20-8-9-21-17-22-14-4-2-3-5-15(14)26-17/h2-7,10,19H,8-9H2,1H3,(H,20,23)(H,21,22). The first kappa shape index (κ1) is 19.6. The van der Waals surface area contributed by atoms with Crippen LogP contribution in [0.15, 0.2) is 47.4 Å². The molecule has 0 aliphatic heterocycles. The molecule has 1 heterocycles. The fraction of sp³-hybridized carbons (Fsp3) is 0.176. The first-order valence-electron chi connectivity index (χ1n) is 8.01. The van der Waals surface area contributed by atoms with Crippen molar-refractivity contribution in [2.75, 3.05) is 25.5 Å². The van der Waals surface area contributed by atoms with E-state index >= 15 is 0 Å². The van der Waals surface area contributed by atoms with Gasteiger partial charge in [0.15, 0.2) is 5.13 Å². The zero-order valence-electron chi connectivity index (χ0n) is 14.3. The molecule has 0 unspecified atom stereocenters. The number of rotatable bonds is 7. The maximum Gasteiger partial charge on any atom is 0.252 e. The third-order valence-corrected chi connectivity index (χ3v) is 6.48. The molecule has 3 aromatic rings. The smallest absolute Gasteiger partial charge is 0.252 e. The summed E-state index contributed by atoms with van der Waals surface area (Å²) in [7, 11) is -2.35. The molecule has 0 spiro atoms. The number of carbonyl (C=O) groups excluding carboxylic acids is 1. The van der Waals surface area contributed by atoms with Gasteiger partial charge in [-0.1, -0.05) is 35.1 Å². The zero-order valence-corrected chi connectivity index (χ0v) is 16.7. The van der Waals surface area contributed by atoms with Crippen molar-refractivity contribution in [2.24, 2.45) is 0 Å². The molecule has 0 aliphatic carbocycles. The topological polar surface area (TPSA) is 100 Å². The van der Waals surface area contributed by atoms with Crippen LogP contribution in [0.5, 0.6) is 0 Å². The summed E-state index contributed by atoms with van der Waals surface area (Å²) in [6, 6.07) is 11.8. The van der Waals surface area contributed by atoms with E-state index in [1.54, 1.807) is 0 Å². The third kappa shape index (κ3) is 4.56. The average Bonchev–Trinajstić information content (AvgIpc) is 3.08. The number of nitrogens with zero attached hydrogens (tertiary/aromatic N) is 1. The lowest BCUT2D eigenvalue weighted by Gasteiger charge is -2.09. The van der Waals surface area contributed by atoms with Crippen LogP contribution in [0.3, 0.4) is 0 Å². The number of para-hydroxylation sites is 1. The third-order valence-electron chi connectivity index (χ3n) is 3.74. The van der Waals surface area contributed by atoms with E-state index in [0.717, 1.165) is 15.3 Å². The van der Waals surface area contributed by atoms with E-state index < -0.39 is 15.9 Å². The van der Waals surface area contributed by atoms with E-state index in [9.17, 15) is 13.2 Å². The Labute approximate surface area is 165 Å². The molecule has 0 aliphatic rings. The number of hydrogen-bond donors (Lipinski definition) is 3. The molecular weight excluding hydrogens is 408 g/mol. The fourth-order valence-corrected chi connectivity index (χ4v) is 4.20. The Morgan fingerprint density at radius 2 is 1.96 bits per heavy atom. The number of fused-ring (bicyclic) bond motifs is 1. The van der Waals surface area contributed by atoms with Crippen LogP contribution in [0.4, 0.5) is 5.13 Å². The van der Waals surface area contributed by atoms with Crippen LogP contribution in [-0.2, 0) is 10.0 Å². The van der Waals surface area contributed by atoms with E-state index in [0.29, 0.717) is 13.1 Å². The van der Waals surface area contributed by atoms with Gasteiger partial charge in [-0.25, -0.2) is 18.1 Å². The second-order valence-corrected chi connectivity index (χ2v) is 8.84. The molecule has 0 saturated carbocycles. The second-order valence-electron chi connectivity index (χ2n) is 5.52. The molecule has 10 heteroatoms. The van der Waals surface area contributed by atoms with Crippen molar-refractivity contribution in [2.45, 2.75) is 4.90 Å². The van der Waals surface area contributed by atoms with Gasteiger partial charge in [0.2, 0.25) is 10.0 Å². The van der Waals surface area contributed by atoms with E-state index in [4.69, 9.17) is 11.6 Å². The summed E-state index contributed by atoms with van der Waals surface area (Å²) in [6.45, 7) is 0.797. The molecular formula is C17H17ClN4O3S2. The number of halogens is 1. The Balaban J connectivity index is 1.60. The van der Waals surface area contributed by atoms with Crippen molar-refractivity contribution in [1.82, 2.24) is 15.0 Å². The predicted molar refractivity (Wildman–Crippen MR) is 108 cm³/mol. The second kappa shape index (κ2) is 8.22. The summed E-state index contributed by atoms with van der Waals surface area (Å²) in [5.41, 5.74) is 1.02. The van der Waals surface area contributed by atoms with Gasteiger partial charge in [-0.15, -0.1) is 0 Å². The molecule has 0 bridgehead atoms. The van der Waals surface area contributed by atoms with Crippen molar-refractivity contribution < 1.29 is 13.2 Å². The van der Waals surface area contributed by atoms with Gasteiger partial charge < -0.3 is 10.6 Å². The molecule has 1 amide bonds. The number of benzene rings is 2. The molecule has 0 atom stereocenters. The van der Waals surface area contributed by atoms with E-state index in [1.807, 2.05) is 24.3 Å². The molecule has 27 heavy (non-hydrogen) atoms. The lowest BCUT2D eigenvalue weighted by Crippen LogP contribution is -2.29. The first-order valence-corrected chi connectivity index (χ1v) is 10.7. The van der Waals surface area contributed by atoms with Gasteiger partial charge in [0.05, 0.1) is 25.7 Å². The Morgan fingerprint density at radius 1 is 1.19 bits per heavy atom. The molecule has 3 rings (SSSR count). The normalized spacial score (nSPS) is 11.5. The highest BCUT2D eigenvalue weighted by Gasteiger charge is 2.17. The van der Waals surface area contributed by atoms with Gasteiger partial charge in [-0.2, -0.15) is 0 Å². The Morgan fingerprint density at radius 3 is 2.70 bits per heavy atom. The molecule has 1 aromatic heterocycles. The van der Waals surface area contributed by atoms with Crippen molar-refractivity contribution in [3.8, 4) is 0 Å². The molecule has 0 fully saturated rings. The van der Waals surface area contributed by atoms with E-state index in [1.165, 1.54) is 36.6 Å². The zero-order chi connectivity index (χ0) is 19.4. The highest BCUT2D eigenvalue weighted by atomic mass is 35.5. The molecule has 2 aromatic carbocycles. The summed E-state index contributed by atoms with van der Waals surface area (Å²) >= 11 is 7.57. The first-order chi connectivity index (χ1) is 12.9. The number of carbonyl (C=O) groups is 1. The van der Waals surface area contributed by atoms with Crippen LogP contribution in [0.2, 0.25) is 5.02 Å². The summed E-state index contributed by atoms with van der Waals surface area (Å²) in [5, 5.41) is 6.82. The highest BCUT2D eigenvalue weighted by molar-refractivity contribution is 7.89. The molecule has 142 valence electrons. The van der Waals surface area contributed by atoms with Crippen molar-refractivity contribution in [1.29, 1.82) is 0 Å². The predicted octanol–water partition coefficient (Wildman–Crippen LogP) is 2.70. The quantitative estimate of drug-likeness (QED) is 0.506. The summed E-state index contributed by atoms with van der Waals surface area (Å²) in [6.07, 6.45) is 0. The largest absolute Gasteiger partial charge is 0.360 e. The summed E-state index contributed by atoms with van der Waals surface area (Å²) in [5.74, 6) is -0.445. The Kier molecular flexibility index (Phi) is 5.95. The van der Waals surface area contributed by atoms with E-state index in [2.05, 4.69) is 20.3 Å². The number of anilines is 1. The van der Waals surface area contributed by atoms with Gasteiger partial charge >= 0.3 is 0 Å². The van der Waals surface area contributed by atoms with E-state index in [-0.39, 0.29) is 15.5 Å². The van der Waals surface area contributed by atoms with Crippen LogP contribution in [-0.4, -0.2) is 39.4 Å². The minimum absolute atomic E-state index is 0.0212. The van der Waals surface area contributed by atoms with Crippen LogP contribution >= 0.6 is 22.9 Å². The number of thiazole rings is 1. The molecule has 3 N–H and O–H groups in total. The Bertz CT molecular complexity index is 1050. The average molecular weight is 425 g/mol.